The van der Waals surface area contributed by atoms with Crippen molar-refractivity contribution in [1.82, 2.24) is 0 Å². The topological polar surface area (TPSA) is 52.0 Å². The van der Waals surface area contributed by atoms with Gasteiger partial charge in [0.2, 0.25) is 0 Å². The maximum atomic E-state index is 6.05. The van der Waals surface area contributed by atoms with Crippen molar-refractivity contribution in [1.29, 1.82) is 0 Å². The summed E-state index contributed by atoms with van der Waals surface area (Å²) in [5.74, 6) is 0. The zero-order valence-corrected chi connectivity index (χ0v) is 12.1. The number of benzene rings is 1. The highest BCUT2D eigenvalue weighted by Gasteiger charge is 2.07. The molecule has 0 aliphatic heterocycles. The molecule has 1 rings (SSSR count). The zero-order valence-electron chi connectivity index (χ0n) is 8.96. The van der Waals surface area contributed by atoms with Crippen LogP contribution in [0.2, 0.25) is 5.02 Å². The molecule has 16 heavy (non-hydrogen) atoms. The van der Waals surface area contributed by atoms with Crippen LogP contribution in [0.5, 0.6) is 0 Å². The second-order valence-corrected chi connectivity index (χ2v) is 4.83. The minimum absolute atomic E-state index is 0. The fraction of sp³-hybridized carbons (Fsp3) is 0.455. The van der Waals surface area contributed by atoms with Crippen LogP contribution in [0.4, 0.5) is 0 Å². The van der Waals surface area contributed by atoms with Crippen LogP contribution in [0.15, 0.2) is 22.7 Å². The molecule has 0 fully saturated rings. The molecule has 5 heteroatoms. The molecular formula is C11H17BrCl2N2. The Kier molecular flexibility index (Phi) is 8.42. The predicted octanol–water partition coefficient (Wildman–Crippen LogP) is 3.65. The summed E-state index contributed by atoms with van der Waals surface area (Å²) in [6.45, 7) is 0.733. The first-order valence-corrected chi connectivity index (χ1v) is 6.23. The van der Waals surface area contributed by atoms with E-state index in [4.69, 9.17) is 23.1 Å². The molecule has 4 N–H and O–H groups in total. The normalized spacial score (nSPS) is 12.0. The lowest BCUT2D eigenvalue weighted by Gasteiger charge is -2.12. The summed E-state index contributed by atoms with van der Waals surface area (Å²) >= 11 is 9.30. The molecule has 0 spiro atoms. The Balaban J connectivity index is 0.00000225. The fourth-order valence-corrected chi connectivity index (χ4v) is 1.93. The molecule has 2 nitrogen and oxygen atoms in total. The van der Waals surface area contributed by atoms with E-state index in [0.29, 0.717) is 5.02 Å². The molecular weight excluding hydrogens is 311 g/mol. The monoisotopic (exact) mass is 326 g/mol. The van der Waals surface area contributed by atoms with Gasteiger partial charge in [0.25, 0.3) is 0 Å². The van der Waals surface area contributed by atoms with Gasteiger partial charge in [-0.3, -0.25) is 0 Å². The molecule has 0 aromatic heterocycles. The number of hydrogen-bond acceptors (Lipinski definition) is 2. The smallest absolute Gasteiger partial charge is 0.0548 e. The Morgan fingerprint density at radius 1 is 1.31 bits per heavy atom. The lowest BCUT2D eigenvalue weighted by molar-refractivity contribution is 0.591. The van der Waals surface area contributed by atoms with E-state index >= 15 is 0 Å². The summed E-state index contributed by atoms with van der Waals surface area (Å²) in [6.07, 6.45) is 3.06. The van der Waals surface area contributed by atoms with Gasteiger partial charge < -0.3 is 11.5 Å². The van der Waals surface area contributed by atoms with Crippen LogP contribution < -0.4 is 11.5 Å². The number of halogens is 3. The molecule has 0 aliphatic rings. The molecule has 0 saturated carbocycles. The fourth-order valence-electron chi connectivity index (χ4n) is 1.42. The molecule has 1 aromatic carbocycles. The quantitative estimate of drug-likeness (QED) is 0.811. The number of hydrogen-bond donors (Lipinski definition) is 2. The molecule has 92 valence electrons. The van der Waals surface area contributed by atoms with Crippen molar-refractivity contribution in [2.45, 2.75) is 25.3 Å². The van der Waals surface area contributed by atoms with E-state index in [-0.39, 0.29) is 18.4 Å². The lowest BCUT2D eigenvalue weighted by Crippen LogP contribution is -2.11. The van der Waals surface area contributed by atoms with Gasteiger partial charge in [0.15, 0.2) is 0 Å². The summed E-state index contributed by atoms with van der Waals surface area (Å²) in [5.41, 5.74) is 12.6. The standard InChI is InChI=1S/C11H16BrClN2.ClH/c12-9-7-8(4-5-10(9)13)11(15)3-1-2-6-14;/h4-5,7,11H,1-3,6,14-15H2;1H/t11-;/m0./s1. The Morgan fingerprint density at radius 2 is 2.00 bits per heavy atom. The average Bonchev–Trinajstić information content (AvgIpc) is 2.22. The van der Waals surface area contributed by atoms with Crippen molar-refractivity contribution < 1.29 is 0 Å². The van der Waals surface area contributed by atoms with E-state index < -0.39 is 0 Å². The molecule has 0 aliphatic carbocycles. The highest BCUT2D eigenvalue weighted by molar-refractivity contribution is 9.10. The van der Waals surface area contributed by atoms with E-state index in [1.165, 1.54) is 0 Å². The van der Waals surface area contributed by atoms with Gasteiger partial charge in [-0.1, -0.05) is 24.1 Å². The average molecular weight is 328 g/mol. The van der Waals surface area contributed by atoms with Gasteiger partial charge in [0, 0.05) is 10.5 Å². The third-order valence-electron chi connectivity index (χ3n) is 2.34. The highest BCUT2D eigenvalue weighted by atomic mass is 79.9. The minimum atomic E-state index is 0. The maximum absolute atomic E-state index is 6.05. The summed E-state index contributed by atoms with van der Waals surface area (Å²) in [4.78, 5) is 0. The van der Waals surface area contributed by atoms with E-state index in [1.807, 2.05) is 18.2 Å². The zero-order chi connectivity index (χ0) is 11.3. The third-order valence-corrected chi connectivity index (χ3v) is 3.56. The largest absolute Gasteiger partial charge is 0.330 e. The van der Waals surface area contributed by atoms with Crippen molar-refractivity contribution >= 4 is 39.9 Å². The van der Waals surface area contributed by atoms with Crippen LogP contribution in [0.1, 0.15) is 30.9 Å². The molecule has 0 radical (unpaired) electrons. The lowest BCUT2D eigenvalue weighted by atomic mass is 10.0. The van der Waals surface area contributed by atoms with E-state index in [2.05, 4.69) is 15.9 Å². The Labute approximate surface area is 116 Å². The minimum Gasteiger partial charge on any atom is -0.330 e. The van der Waals surface area contributed by atoms with Gasteiger partial charge in [-0.2, -0.15) is 0 Å². The molecule has 0 amide bonds. The molecule has 0 bridgehead atoms. The summed E-state index contributed by atoms with van der Waals surface area (Å²) in [6, 6.07) is 5.89. The van der Waals surface area contributed by atoms with Gasteiger partial charge in [-0.15, -0.1) is 12.4 Å². The van der Waals surface area contributed by atoms with Crippen molar-refractivity contribution in [2.75, 3.05) is 6.54 Å². The van der Waals surface area contributed by atoms with Crippen LogP contribution in [0.25, 0.3) is 0 Å². The second-order valence-electron chi connectivity index (χ2n) is 3.56. The SMILES string of the molecule is Cl.NCCCC[C@H](N)c1ccc(Cl)c(Br)c1. The number of nitrogens with two attached hydrogens (primary N) is 2. The van der Waals surface area contributed by atoms with Crippen LogP contribution >= 0.6 is 39.9 Å². The van der Waals surface area contributed by atoms with Crippen LogP contribution in [0.3, 0.4) is 0 Å². The Morgan fingerprint density at radius 3 is 2.56 bits per heavy atom. The Bertz CT molecular complexity index is 321. The van der Waals surface area contributed by atoms with E-state index in [9.17, 15) is 0 Å². The second kappa shape index (κ2) is 8.31. The molecule has 1 atom stereocenters. The van der Waals surface area contributed by atoms with Crippen molar-refractivity contribution in [3.8, 4) is 0 Å². The van der Waals surface area contributed by atoms with E-state index in [1.54, 1.807) is 0 Å². The van der Waals surface area contributed by atoms with Crippen LogP contribution in [-0.4, -0.2) is 6.54 Å². The van der Waals surface area contributed by atoms with Gasteiger partial charge in [0.05, 0.1) is 5.02 Å². The van der Waals surface area contributed by atoms with Crippen molar-refractivity contribution in [3.63, 3.8) is 0 Å². The Hall–Kier alpha value is 0.200. The van der Waals surface area contributed by atoms with Crippen LogP contribution in [0, 0.1) is 0 Å². The number of unbranched alkanes of at least 4 members (excludes halogenated alkanes) is 1. The van der Waals surface area contributed by atoms with Gasteiger partial charge in [-0.05, 0) is 53.0 Å². The molecule has 0 unspecified atom stereocenters. The van der Waals surface area contributed by atoms with E-state index in [0.717, 1.165) is 35.8 Å². The summed E-state index contributed by atoms with van der Waals surface area (Å²) in [5, 5.41) is 0.716. The third kappa shape index (κ3) is 5.02. The van der Waals surface area contributed by atoms with Crippen LogP contribution in [-0.2, 0) is 0 Å². The number of rotatable bonds is 5. The first-order valence-electron chi connectivity index (χ1n) is 5.05. The summed E-state index contributed by atoms with van der Waals surface area (Å²) < 4.78 is 0.899. The first kappa shape index (κ1) is 16.2. The maximum Gasteiger partial charge on any atom is 0.0548 e. The summed E-state index contributed by atoms with van der Waals surface area (Å²) in [7, 11) is 0. The predicted molar refractivity (Wildman–Crippen MR) is 76.2 cm³/mol. The van der Waals surface area contributed by atoms with Gasteiger partial charge in [-0.25, -0.2) is 0 Å². The highest BCUT2D eigenvalue weighted by Crippen LogP contribution is 2.26. The molecule has 0 saturated heterocycles. The first-order chi connectivity index (χ1) is 7.15. The van der Waals surface area contributed by atoms with Crippen molar-refractivity contribution in [2.24, 2.45) is 11.5 Å². The van der Waals surface area contributed by atoms with Crippen molar-refractivity contribution in [3.05, 3.63) is 33.3 Å². The van der Waals surface area contributed by atoms with Gasteiger partial charge >= 0.3 is 0 Å². The molecule has 1 aromatic rings. The molecule has 0 heterocycles. The van der Waals surface area contributed by atoms with Gasteiger partial charge in [0.1, 0.15) is 0 Å².